The Labute approximate surface area is 131 Å². The van der Waals surface area contributed by atoms with E-state index in [1.807, 2.05) is 18.2 Å². The summed E-state index contributed by atoms with van der Waals surface area (Å²) in [6, 6.07) is 9.09. The number of amides is 1. The lowest BCUT2D eigenvalue weighted by Gasteiger charge is -2.07. The maximum Gasteiger partial charge on any atom is 0.257 e. The smallest absolute Gasteiger partial charge is 0.257 e. The number of carbonyl (C=O) groups is 1. The quantitative estimate of drug-likeness (QED) is 0.608. The minimum Gasteiger partial charge on any atom is -0.321 e. The van der Waals surface area contributed by atoms with Crippen molar-refractivity contribution in [1.82, 2.24) is 24.7 Å². The summed E-state index contributed by atoms with van der Waals surface area (Å²) in [5.74, 6) is 0.521. The molecule has 1 amide bonds. The van der Waals surface area contributed by atoms with Crippen LogP contribution in [0.2, 0.25) is 0 Å². The first-order valence-corrected chi connectivity index (χ1v) is 6.99. The van der Waals surface area contributed by atoms with Gasteiger partial charge in [0, 0.05) is 17.8 Å². The van der Waals surface area contributed by atoms with Crippen LogP contribution in [0.25, 0.3) is 16.7 Å². The third-order valence-corrected chi connectivity index (χ3v) is 3.50. The topological polar surface area (TPSA) is 88.5 Å². The Balaban J connectivity index is 1.58. The molecule has 4 rings (SSSR count). The van der Waals surface area contributed by atoms with Gasteiger partial charge in [-0.05, 0) is 18.2 Å². The van der Waals surface area contributed by atoms with Crippen LogP contribution in [0.3, 0.4) is 0 Å². The Morgan fingerprint density at radius 3 is 2.91 bits per heavy atom. The number of fused-ring (bicyclic) bond motifs is 1. The van der Waals surface area contributed by atoms with Gasteiger partial charge < -0.3 is 5.32 Å². The van der Waals surface area contributed by atoms with Gasteiger partial charge in [0.2, 0.25) is 0 Å². The van der Waals surface area contributed by atoms with E-state index in [-0.39, 0.29) is 5.91 Å². The van der Waals surface area contributed by atoms with Gasteiger partial charge in [-0.1, -0.05) is 12.1 Å². The molecule has 0 unspecified atom stereocenters. The van der Waals surface area contributed by atoms with Crippen molar-refractivity contribution in [1.29, 1.82) is 0 Å². The summed E-state index contributed by atoms with van der Waals surface area (Å²) in [5.41, 5.74) is 1.88. The summed E-state index contributed by atoms with van der Waals surface area (Å²) in [7, 11) is 0. The van der Waals surface area contributed by atoms with Crippen LogP contribution in [0.15, 0.2) is 61.4 Å². The highest BCUT2D eigenvalue weighted by Crippen LogP contribution is 2.17. The molecule has 0 aliphatic carbocycles. The predicted octanol–water partition coefficient (Wildman–Crippen LogP) is 2.40. The maximum atomic E-state index is 12.4. The zero-order valence-electron chi connectivity index (χ0n) is 12.0. The predicted molar refractivity (Wildman–Crippen MR) is 85.4 cm³/mol. The molecule has 0 saturated carbocycles. The van der Waals surface area contributed by atoms with E-state index >= 15 is 0 Å². The number of pyridine rings is 1. The molecule has 0 aliphatic heterocycles. The van der Waals surface area contributed by atoms with Gasteiger partial charge in [-0.25, -0.2) is 9.97 Å². The van der Waals surface area contributed by atoms with Crippen molar-refractivity contribution in [2.45, 2.75) is 0 Å². The molecular weight excluding hydrogens is 292 g/mol. The number of rotatable bonds is 3. The second-order valence-electron chi connectivity index (χ2n) is 4.97. The molecular formula is C16H12N6O. The summed E-state index contributed by atoms with van der Waals surface area (Å²) < 4.78 is 1.79. The molecule has 3 heterocycles. The van der Waals surface area contributed by atoms with Crippen molar-refractivity contribution in [3.05, 3.63) is 67.0 Å². The van der Waals surface area contributed by atoms with Crippen LogP contribution in [-0.2, 0) is 0 Å². The van der Waals surface area contributed by atoms with E-state index in [1.165, 1.54) is 0 Å². The van der Waals surface area contributed by atoms with E-state index in [2.05, 4.69) is 25.5 Å². The van der Waals surface area contributed by atoms with E-state index in [9.17, 15) is 4.79 Å². The molecule has 112 valence electrons. The molecule has 3 aromatic heterocycles. The zero-order valence-corrected chi connectivity index (χ0v) is 12.0. The Hall–Kier alpha value is -3.48. The molecule has 0 radical (unpaired) electrons. The third kappa shape index (κ3) is 2.44. The highest BCUT2D eigenvalue weighted by atomic mass is 16.1. The van der Waals surface area contributed by atoms with Crippen LogP contribution >= 0.6 is 0 Å². The van der Waals surface area contributed by atoms with Crippen molar-refractivity contribution in [2.75, 3.05) is 5.32 Å². The summed E-state index contributed by atoms with van der Waals surface area (Å²) >= 11 is 0. The van der Waals surface area contributed by atoms with E-state index in [4.69, 9.17) is 0 Å². The van der Waals surface area contributed by atoms with E-state index in [0.717, 1.165) is 11.2 Å². The minimum absolute atomic E-state index is 0.211. The largest absolute Gasteiger partial charge is 0.321 e. The van der Waals surface area contributed by atoms with E-state index in [0.29, 0.717) is 16.8 Å². The number of nitrogens with one attached hydrogen (secondary N) is 2. The van der Waals surface area contributed by atoms with Gasteiger partial charge >= 0.3 is 0 Å². The van der Waals surface area contributed by atoms with Crippen LogP contribution in [0, 0.1) is 0 Å². The SMILES string of the molecule is O=C(Nc1ccc(-n2ccnc2)nc1)c1cccc2cn[nH]c12. The number of H-pyrrole nitrogens is 1. The van der Waals surface area contributed by atoms with Crippen LogP contribution in [0.5, 0.6) is 0 Å². The van der Waals surface area contributed by atoms with Crippen molar-refractivity contribution >= 4 is 22.5 Å². The molecule has 0 aliphatic rings. The maximum absolute atomic E-state index is 12.4. The number of aromatic nitrogens is 5. The lowest BCUT2D eigenvalue weighted by atomic mass is 10.1. The number of benzene rings is 1. The Kier molecular flexibility index (Phi) is 3.09. The Morgan fingerprint density at radius 2 is 2.13 bits per heavy atom. The molecule has 7 heteroatoms. The van der Waals surface area contributed by atoms with Gasteiger partial charge in [0.25, 0.3) is 5.91 Å². The second-order valence-corrected chi connectivity index (χ2v) is 4.97. The van der Waals surface area contributed by atoms with Gasteiger partial charge in [0.1, 0.15) is 12.1 Å². The lowest BCUT2D eigenvalue weighted by molar-refractivity contribution is 0.102. The summed E-state index contributed by atoms with van der Waals surface area (Å²) in [6.45, 7) is 0. The normalized spacial score (nSPS) is 10.8. The molecule has 23 heavy (non-hydrogen) atoms. The number of hydrogen-bond acceptors (Lipinski definition) is 4. The number of aromatic amines is 1. The van der Waals surface area contributed by atoms with Crippen LogP contribution < -0.4 is 5.32 Å². The first-order valence-electron chi connectivity index (χ1n) is 6.99. The Morgan fingerprint density at radius 1 is 1.17 bits per heavy atom. The fourth-order valence-corrected chi connectivity index (χ4v) is 2.36. The average molecular weight is 304 g/mol. The zero-order chi connectivity index (χ0) is 15.6. The minimum atomic E-state index is -0.211. The van der Waals surface area contributed by atoms with Gasteiger partial charge in [0.05, 0.1) is 29.2 Å². The third-order valence-electron chi connectivity index (χ3n) is 3.50. The van der Waals surface area contributed by atoms with Crippen molar-refractivity contribution in [2.24, 2.45) is 0 Å². The number of carbonyl (C=O) groups excluding carboxylic acids is 1. The molecule has 0 spiro atoms. The molecule has 0 saturated heterocycles. The van der Waals surface area contributed by atoms with Gasteiger partial charge in [-0.2, -0.15) is 5.10 Å². The molecule has 0 fully saturated rings. The summed E-state index contributed by atoms with van der Waals surface area (Å²) in [4.78, 5) is 20.7. The fourth-order valence-electron chi connectivity index (χ4n) is 2.36. The number of anilines is 1. The standard InChI is InChI=1S/C16H12N6O/c23-16(13-3-1-2-11-8-19-21-15(11)13)20-12-4-5-14(18-9-12)22-7-6-17-10-22/h1-10H,(H,19,21)(H,20,23). The van der Waals surface area contributed by atoms with Gasteiger partial charge in [-0.3, -0.25) is 14.5 Å². The Bertz CT molecular complexity index is 956. The first-order chi connectivity index (χ1) is 11.3. The van der Waals surface area contributed by atoms with Gasteiger partial charge in [-0.15, -0.1) is 0 Å². The van der Waals surface area contributed by atoms with Crippen molar-refractivity contribution in [3.8, 4) is 5.82 Å². The van der Waals surface area contributed by atoms with Crippen LogP contribution in [-0.4, -0.2) is 30.6 Å². The second kappa shape index (κ2) is 5.38. The number of nitrogens with zero attached hydrogens (tertiary/aromatic N) is 4. The molecule has 0 atom stereocenters. The molecule has 1 aromatic carbocycles. The van der Waals surface area contributed by atoms with E-state index < -0.39 is 0 Å². The van der Waals surface area contributed by atoms with Crippen LogP contribution in [0.4, 0.5) is 5.69 Å². The number of hydrogen-bond donors (Lipinski definition) is 2. The van der Waals surface area contributed by atoms with Crippen molar-refractivity contribution in [3.63, 3.8) is 0 Å². The number of imidazole rings is 1. The monoisotopic (exact) mass is 304 g/mol. The number of para-hydroxylation sites is 1. The molecule has 0 bridgehead atoms. The summed E-state index contributed by atoms with van der Waals surface area (Å²) in [5, 5.41) is 10.5. The highest BCUT2D eigenvalue weighted by Gasteiger charge is 2.11. The summed E-state index contributed by atoms with van der Waals surface area (Å²) in [6.07, 6.45) is 8.45. The molecule has 7 nitrogen and oxygen atoms in total. The average Bonchev–Trinajstić information content (AvgIpc) is 3.26. The molecule has 2 N–H and O–H groups in total. The van der Waals surface area contributed by atoms with Gasteiger partial charge in [0.15, 0.2) is 0 Å². The van der Waals surface area contributed by atoms with Crippen LogP contribution in [0.1, 0.15) is 10.4 Å². The molecule has 4 aromatic rings. The highest BCUT2D eigenvalue weighted by molar-refractivity contribution is 6.11. The van der Waals surface area contributed by atoms with Crippen molar-refractivity contribution < 1.29 is 4.79 Å². The lowest BCUT2D eigenvalue weighted by Crippen LogP contribution is -2.12. The van der Waals surface area contributed by atoms with E-state index in [1.54, 1.807) is 47.8 Å². The first kappa shape index (κ1) is 13.2. The fraction of sp³-hybridized carbons (Fsp3) is 0.